The average Bonchev–Trinajstić information content (AvgIpc) is 3.11. The number of hydrogen-bond donors (Lipinski definition) is 3. The van der Waals surface area contributed by atoms with Crippen molar-refractivity contribution in [1.82, 2.24) is 14.9 Å². The predicted molar refractivity (Wildman–Crippen MR) is 121 cm³/mol. The molecule has 0 bridgehead atoms. The Morgan fingerprint density at radius 2 is 1.75 bits per heavy atom. The van der Waals surface area contributed by atoms with Crippen LogP contribution in [0, 0.1) is 6.92 Å². The van der Waals surface area contributed by atoms with Gasteiger partial charge in [-0.25, -0.2) is 9.31 Å². The molecular formula is C24H22N4O4. The lowest BCUT2D eigenvalue weighted by Gasteiger charge is -2.13. The van der Waals surface area contributed by atoms with E-state index < -0.39 is 5.97 Å². The molecule has 0 radical (unpaired) electrons. The molecular weight excluding hydrogens is 408 g/mol. The standard InChI is InChI=1S/C24H22N4O4/c1-15-21(24(30)31)14-28-23(15)22(12-18(27-28)13-25-16(2)29)26-17-8-10-20(11-9-17)32-19-6-4-3-5-7-19/h3-12,14,26H,13H2,1-2H3,(H,25,29)(H,30,31). The number of aromatic nitrogens is 2. The Labute approximate surface area is 184 Å². The third-order valence-electron chi connectivity index (χ3n) is 4.90. The van der Waals surface area contributed by atoms with Crippen molar-refractivity contribution in [1.29, 1.82) is 0 Å². The van der Waals surface area contributed by atoms with Crippen LogP contribution in [0.4, 0.5) is 11.4 Å². The highest BCUT2D eigenvalue weighted by Crippen LogP contribution is 2.30. The van der Waals surface area contributed by atoms with Gasteiger partial charge in [0.15, 0.2) is 0 Å². The van der Waals surface area contributed by atoms with E-state index in [-0.39, 0.29) is 18.0 Å². The topological polar surface area (TPSA) is 105 Å². The molecule has 0 fully saturated rings. The number of carbonyl (C=O) groups excluding carboxylic acids is 1. The number of anilines is 2. The van der Waals surface area contributed by atoms with E-state index in [4.69, 9.17) is 4.74 Å². The predicted octanol–water partition coefficient (Wildman–Crippen LogP) is 4.51. The number of nitrogens with one attached hydrogen (secondary N) is 2. The van der Waals surface area contributed by atoms with E-state index in [1.807, 2.05) is 54.6 Å². The van der Waals surface area contributed by atoms with Crippen molar-refractivity contribution in [2.24, 2.45) is 0 Å². The Morgan fingerprint density at radius 1 is 1.06 bits per heavy atom. The van der Waals surface area contributed by atoms with E-state index in [2.05, 4.69) is 15.7 Å². The number of carboxylic acid groups (broad SMARTS) is 1. The van der Waals surface area contributed by atoms with Crippen LogP contribution in [0.25, 0.3) is 5.52 Å². The molecule has 0 aliphatic carbocycles. The summed E-state index contributed by atoms with van der Waals surface area (Å²) in [5.41, 5.74) is 3.49. The molecule has 162 valence electrons. The number of nitrogens with zero attached hydrogens (tertiary/aromatic N) is 2. The molecule has 1 amide bonds. The van der Waals surface area contributed by atoms with Crippen molar-refractivity contribution < 1.29 is 19.4 Å². The van der Waals surface area contributed by atoms with Crippen molar-refractivity contribution in [3.05, 3.63) is 83.7 Å². The second-order valence-electron chi connectivity index (χ2n) is 7.29. The summed E-state index contributed by atoms with van der Waals surface area (Å²) in [5, 5.41) is 20.0. The highest BCUT2D eigenvalue weighted by Gasteiger charge is 2.18. The van der Waals surface area contributed by atoms with Crippen LogP contribution in [-0.2, 0) is 11.3 Å². The summed E-state index contributed by atoms with van der Waals surface area (Å²) in [6, 6.07) is 18.7. The van der Waals surface area contributed by atoms with Crippen LogP contribution >= 0.6 is 0 Å². The van der Waals surface area contributed by atoms with Crippen LogP contribution in [0.3, 0.4) is 0 Å². The molecule has 3 N–H and O–H groups in total. The molecule has 8 heteroatoms. The van der Waals surface area contributed by atoms with Crippen molar-refractivity contribution >= 4 is 28.8 Å². The van der Waals surface area contributed by atoms with Crippen molar-refractivity contribution in [2.75, 3.05) is 5.32 Å². The smallest absolute Gasteiger partial charge is 0.337 e. The quantitative estimate of drug-likeness (QED) is 0.398. The minimum Gasteiger partial charge on any atom is -0.478 e. The molecule has 0 saturated heterocycles. The van der Waals surface area contributed by atoms with E-state index in [9.17, 15) is 14.7 Å². The van der Waals surface area contributed by atoms with Crippen LogP contribution in [0.15, 0.2) is 66.9 Å². The van der Waals surface area contributed by atoms with Crippen LogP contribution in [0.2, 0.25) is 0 Å². The maximum Gasteiger partial charge on any atom is 0.337 e. The zero-order valence-electron chi connectivity index (χ0n) is 17.6. The van der Waals surface area contributed by atoms with Gasteiger partial charge in [0.2, 0.25) is 5.91 Å². The lowest BCUT2D eigenvalue weighted by atomic mass is 10.1. The number of amides is 1. The zero-order chi connectivity index (χ0) is 22.7. The van der Waals surface area contributed by atoms with Crippen LogP contribution in [0.1, 0.15) is 28.5 Å². The fourth-order valence-corrected chi connectivity index (χ4v) is 3.39. The van der Waals surface area contributed by atoms with Gasteiger partial charge in [0.25, 0.3) is 0 Å². The molecule has 2 aromatic heterocycles. The number of benzene rings is 2. The Bertz CT molecular complexity index is 1280. The van der Waals surface area contributed by atoms with E-state index in [1.165, 1.54) is 17.6 Å². The molecule has 4 aromatic rings. The summed E-state index contributed by atoms with van der Waals surface area (Å²) in [6.07, 6.45) is 1.48. The zero-order valence-corrected chi connectivity index (χ0v) is 17.6. The second-order valence-corrected chi connectivity index (χ2v) is 7.29. The number of rotatable bonds is 7. The molecule has 0 aliphatic rings. The first-order valence-corrected chi connectivity index (χ1v) is 10.0. The summed E-state index contributed by atoms with van der Waals surface area (Å²) < 4.78 is 7.36. The van der Waals surface area contributed by atoms with Gasteiger partial charge in [-0.1, -0.05) is 18.2 Å². The number of hydrogen-bond acceptors (Lipinski definition) is 5. The van der Waals surface area contributed by atoms with Crippen LogP contribution < -0.4 is 15.4 Å². The van der Waals surface area contributed by atoms with Gasteiger partial charge < -0.3 is 20.5 Å². The molecule has 0 atom stereocenters. The molecule has 2 aromatic carbocycles. The largest absolute Gasteiger partial charge is 0.478 e. The number of para-hydroxylation sites is 1. The summed E-state index contributed by atoms with van der Waals surface area (Å²) in [7, 11) is 0. The number of carboxylic acids is 1. The Morgan fingerprint density at radius 3 is 2.41 bits per heavy atom. The van der Waals surface area contributed by atoms with Gasteiger partial charge in [0.05, 0.1) is 29.0 Å². The first-order chi connectivity index (χ1) is 15.4. The van der Waals surface area contributed by atoms with E-state index >= 15 is 0 Å². The van der Waals surface area contributed by atoms with Gasteiger partial charge in [-0.3, -0.25) is 4.79 Å². The number of ether oxygens (including phenoxy) is 1. The van der Waals surface area contributed by atoms with E-state index in [1.54, 1.807) is 13.0 Å². The first-order valence-electron chi connectivity index (χ1n) is 10.0. The van der Waals surface area contributed by atoms with E-state index in [0.29, 0.717) is 28.2 Å². The van der Waals surface area contributed by atoms with Crippen molar-refractivity contribution in [3.8, 4) is 11.5 Å². The Hall–Kier alpha value is -4.33. The number of carbonyl (C=O) groups is 2. The molecule has 4 rings (SSSR count). The van der Waals surface area contributed by atoms with Gasteiger partial charge >= 0.3 is 5.97 Å². The summed E-state index contributed by atoms with van der Waals surface area (Å²) >= 11 is 0. The maximum atomic E-state index is 11.6. The van der Waals surface area contributed by atoms with Crippen LogP contribution in [-0.4, -0.2) is 26.6 Å². The SMILES string of the molecule is CC(=O)NCc1cc(Nc2ccc(Oc3ccccc3)cc2)c2c(C)c(C(=O)O)cn2n1. The third kappa shape index (κ3) is 4.54. The van der Waals surface area contributed by atoms with Gasteiger partial charge in [-0.2, -0.15) is 5.10 Å². The molecule has 0 unspecified atom stereocenters. The molecule has 8 nitrogen and oxygen atoms in total. The lowest BCUT2D eigenvalue weighted by Crippen LogP contribution is -2.20. The summed E-state index contributed by atoms with van der Waals surface area (Å²) in [4.78, 5) is 22.9. The highest BCUT2D eigenvalue weighted by atomic mass is 16.5. The minimum atomic E-state index is -1.02. The molecule has 2 heterocycles. The molecule has 0 spiro atoms. The normalized spacial score (nSPS) is 10.7. The summed E-state index contributed by atoms with van der Waals surface area (Å²) in [6.45, 7) is 3.40. The summed E-state index contributed by atoms with van der Waals surface area (Å²) in [5.74, 6) is 0.242. The van der Waals surface area contributed by atoms with Gasteiger partial charge in [0, 0.05) is 18.8 Å². The fraction of sp³-hybridized carbons (Fsp3) is 0.125. The second kappa shape index (κ2) is 8.81. The molecule has 0 saturated carbocycles. The monoisotopic (exact) mass is 430 g/mol. The van der Waals surface area contributed by atoms with E-state index in [0.717, 1.165) is 11.4 Å². The van der Waals surface area contributed by atoms with Gasteiger partial charge in [-0.15, -0.1) is 0 Å². The lowest BCUT2D eigenvalue weighted by molar-refractivity contribution is -0.119. The average molecular weight is 430 g/mol. The maximum absolute atomic E-state index is 11.6. The van der Waals surface area contributed by atoms with Gasteiger partial charge in [0.1, 0.15) is 11.5 Å². The number of aryl methyl sites for hydroxylation is 1. The third-order valence-corrected chi connectivity index (χ3v) is 4.90. The van der Waals surface area contributed by atoms with Gasteiger partial charge in [-0.05, 0) is 55.0 Å². The minimum absolute atomic E-state index is 0.170. The number of fused-ring (bicyclic) bond motifs is 1. The van der Waals surface area contributed by atoms with Crippen molar-refractivity contribution in [3.63, 3.8) is 0 Å². The first kappa shape index (κ1) is 20.9. The Kier molecular flexibility index (Phi) is 5.76. The fourth-order valence-electron chi connectivity index (χ4n) is 3.39. The van der Waals surface area contributed by atoms with Crippen molar-refractivity contribution in [2.45, 2.75) is 20.4 Å². The molecule has 32 heavy (non-hydrogen) atoms. The highest BCUT2D eigenvalue weighted by molar-refractivity contribution is 5.95. The molecule has 0 aliphatic heterocycles. The number of aromatic carboxylic acids is 1. The van der Waals surface area contributed by atoms with Crippen LogP contribution in [0.5, 0.6) is 11.5 Å². The Balaban J connectivity index is 1.65.